The van der Waals surface area contributed by atoms with E-state index in [1.54, 1.807) is 9.58 Å². The zero-order chi connectivity index (χ0) is 18.4. The van der Waals surface area contributed by atoms with Crippen molar-refractivity contribution in [3.63, 3.8) is 0 Å². The molecular weight excluding hydrogens is 330 g/mol. The minimum absolute atomic E-state index is 0.00831. The predicted octanol–water partition coefficient (Wildman–Crippen LogP) is 1.75. The molecule has 26 heavy (non-hydrogen) atoms. The first-order valence-corrected chi connectivity index (χ1v) is 9.11. The number of imidazole rings is 1. The van der Waals surface area contributed by atoms with Crippen LogP contribution in [0.15, 0.2) is 23.8 Å². The Bertz CT molecular complexity index is 854. The SMILES string of the molecule is CC1=C(C(=O)N(C)Cc2cn3c(n2)CCCC3)C(C)n2ncnc2N1C. The summed E-state index contributed by atoms with van der Waals surface area (Å²) < 4.78 is 4.02. The fourth-order valence-corrected chi connectivity index (χ4v) is 3.91. The Morgan fingerprint density at radius 2 is 2.19 bits per heavy atom. The molecule has 0 bridgehead atoms. The van der Waals surface area contributed by atoms with Crippen LogP contribution in [0.25, 0.3) is 0 Å². The lowest BCUT2D eigenvalue weighted by atomic mass is 10.0. The lowest BCUT2D eigenvalue weighted by Crippen LogP contribution is -2.37. The van der Waals surface area contributed by atoms with Crippen molar-refractivity contribution >= 4 is 11.9 Å². The van der Waals surface area contributed by atoms with Crippen molar-refractivity contribution < 1.29 is 4.79 Å². The van der Waals surface area contributed by atoms with Crippen molar-refractivity contribution in [2.45, 2.75) is 52.2 Å². The molecule has 4 heterocycles. The van der Waals surface area contributed by atoms with Crippen LogP contribution in [-0.2, 0) is 24.3 Å². The van der Waals surface area contributed by atoms with E-state index in [2.05, 4.69) is 20.8 Å². The van der Waals surface area contributed by atoms with Gasteiger partial charge in [0.25, 0.3) is 5.91 Å². The standard InChI is InChI=1S/C18H25N7O/c1-12-16(13(2)25-18(23(12)4)19-11-20-25)17(26)22(3)9-14-10-24-8-6-5-7-15(24)21-14/h10-11,13H,5-9H2,1-4H3. The first kappa shape index (κ1) is 16.8. The van der Waals surface area contributed by atoms with Gasteiger partial charge in [-0.2, -0.15) is 10.1 Å². The van der Waals surface area contributed by atoms with E-state index in [4.69, 9.17) is 4.98 Å². The molecule has 2 aliphatic heterocycles. The second kappa shape index (κ2) is 6.26. The van der Waals surface area contributed by atoms with Gasteiger partial charge < -0.3 is 14.4 Å². The van der Waals surface area contributed by atoms with E-state index in [0.29, 0.717) is 6.54 Å². The molecule has 2 aromatic heterocycles. The van der Waals surface area contributed by atoms with Crippen molar-refractivity contribution in [3.05, 3.63) is 35.3 Å². The Labute approximate surface area is 153 Å². The highest BCUT2D eigenvalue weighted by atomic mass is 16.2. The third-order valence-electron chi connectivity index (χ3n) is 5.47. The molecule has 0 saturated carbocycles. The molecule has 0 fully saturated rings. The van der Waals surface area contributed by atoms with Crippen LogP contribution in [0.3, 0.4) is 0 Å². The van der Waals surface area contributed by atoms with Gasteiger partial charge in [0.15, 0.2) is 0 Å². The topological polar surface area (TPSA) is 72.1 Å². The zero-order valence-corrected chi connectivity index (χ0v) is 15.8. The molecule has 0 aliphatic carbocycles. The minimum atomic E-state index is -0.145. The first-order chi connectivity index (χ1) is 12.5. The quantitative estimate of drug-likeness (QED) is 0.839. The van der Waals surface area contributed by atoms with E-state index >= 15 is 0 Å². The molecule has 1 atom stereocenters. The fourth-order valence-electron chi connectivity index (χ4n) is 3.91. The maximum absolute atomic E-state index is 13.2. The van der Waals surface area contributed by atoms with Gasteiger partial charge in [0.05, 0.1) is 23.9 Å². The number of aryl methyl sites for hydroxylation is 2. The van der Waals surface area contributed by atoms with E-state index in [0.717, 1.165) is 41.7 Å². The Balaban J connectivity index is 1.56. The smallest absolute Gasteiger partial charge is 0.253 e. The summed E-state index contributed by atoms with van der Waals surface area (Å²) in [5.41, 5.74) is 2.62. The Morgan fingerprint density at radius 1 is 1.38 bits per heavy atom. The molecule has 4 rings (SSSR count). The molecule has 1 unspecified atom stereocenters. The molecule has 1 amide bonds. The van der Waals surface area contributed by atoms with E-state index in [1.165, 1.54) is 19.2 Å². The van der Waals surface area contributed by atoms with Crippen molar-refractivity contribution in [1.82, 2.24) is 29.2 Å². The summed E-state index contributed by atoms with van der Waals surface area (Å²) >= 11 is 0. The van der Waals surface area contributed by atoms with Gasteiger partial charge in [0.2, 0.25) is 5.95 Å². The molecule has 0 spiro atoms. The largest absolute Gasteiger partial charge is 0.336 e. The van der Waals surface area contributed by atoms with Crippen LogP contribution in [0.2, 0.25) is 0 Å². The van der Waals surface area contributed by atoms with Gasteiger partial charge in [0, 0.05) is 39.0 Å². The number of carbonyl (C=O) groups excluding carboxylic acids is 1. The summed E-state index contributed by atoms with van der Waals surface area (Å²) in [5, 5.41) is 4.29. The summed E-state index contributed by atoms with van der Waals surface area (Å²) in [4.78, 5) is 25.9. The average molecular weight is 355 g/mol. The van der Waals surface area contributed by atoms with Crippen LogP contribution in [0, 0.1) is 0 Å². The summed E-state index contributed by atoms with van der Waals surface area (Å²) in [6.07, 6.45) is 7.04. The maximum atomic E-state index is 13.2. The van der Waals surface area contributed by atoms with Crippen LogP contribution in [0.5, 0.6) is 0 Å². The molecule has 8 nitrogen and oxygen atoms in total. The van der Waals surface area contributed by atoms with Crippen molar-refractivity contribution in [1.29, 1.82) is 0 Å². The number of aromatic nitrogens is 5. The lowest BCUT2D eigenvalue weighted by molar-refractivity contribution is -0.127. The summed E-state index contributed by atoms with van der Waals surface area (Å²) in [6.45, 7) is 5.49. The number of anilines is 1. The fraction of sp³-hybridized carbons (Fsp3) is 0.556. The van der Waals surface area contributed by atoms with Gasteiger partial charge in [-0.25, -0.2) is 9.67 Å². The second-order valence-corrected chi connectivity index (χ2v) is 7.20. The molecule has 2 aliphatic rings. The summed E-state index contributed by atoms with van der Waals surface area (Å²) in [7, 11) is 3.75. The Hall–Kier alpha value is -2.64. The highest BCUT2D eigenvalue weighted by Gasteiger charge is 2.33. The van der Waals surface area contributed by atoms with Crippen molar-refractivity contribution in [3.8, 4) is 0 Å². The van der Waals surface area contributed by atoms with Gasteiger partial charge in [-0.3, -0.25) is 4.79 Å². The number of nitrogens with zero attached hydrogens (tertiary/aromatic N) is 7. The van der Waals surface area contributed by atoms with E-state index < -0.39 is 0 Å². The minimum Gasteiger partial charge on any atom is -0.336 e. The third kappa shape index (κ3) is 2.60. The molecule has 8 heteroatoms. The maximum Gasteiger partial charge on any atom is 0.253 e. The number of amides is 1. The van der Waals surface area contributed by atoms with Crippen LogP contribution in [0.4, 0.5) is 5.95 Å². The molecule has 0 aromatic carbocycles. The average Bonchev–Trinajstić information content (AvgIpc) is 3.26. The number of hydrogen-bond donors (Lipinski definition) is 0. The first-order valence-electron chi connectivity index (χ1n) is 9.11. The molecule has 0 radical (unpaired) electrons. The normalized spacial score (nSPS) is 19.4. The number of fused-ring (bicyclic) bond motifs is 2. The van der Waals surface area contributed by atoms with Gasteiger partial charge >= 0.3 is 0 Å². The molecule has 2 aromatic rings. The van der Waals surface area contributed by atoms with E-state index in [-0.39, 0.29) is 11.9 Å². The summed E-state index contributed by atoms with van der Waals surface area (Å²) in [5.74, 6) is 1.91. The highest BCUT2D eigenvalue weighted by molar-refractivity contribution is 5.95. The van der Waals surface area contributed by atoms with Crippen molar-refractivity contribution in [2.24, 2.45) is 0 Å². The van der Waals surface area contributed by atoms with Gasteiger partial charge in [0.1, 0.15) is 12.2 Å². The Morgan fingerprint density at radius 3 is 2.96 bits per heavy atom. The number of carbonyl (C=O) groups is 1. The molecule has 138 valence electrons. The Kier molecular flexibility index (Phi) is 4.05. The van der Waals surface area contributed by atoms with Crippen LogP contribution in [-0.4, -0.2) is 49.2 Å². The number of allylic oxidation sites excluding steroid dienone is 1. The zero-order valence-electron chi connectivity index (χ0n) is 15.8. The number of likely N-dealkylation sites (N-methyl/N-ethyl adjacent to an activating group) is 1. The van der Waals surface area contributed by atoms with E-state index in [9.17, 15) is 4.79 Å². The van der Waals surface area contributed by atoms with Crippen molar-refractivity contribution in [2.75, 3.05) is 19.0 Å². The molecule has 0 saturated heterocycles. The van der Waals surface area contributed by atoms with Crippen LogP contribution in [0.1, 0.15) is 44.2 Å². The number of hydrogen-bond acceptors (Lipinski definition) is 5. The van der Waals surface area contributed by atoms with Crippen LogP contribution >= 0.6 is 0 Å². The molecular formula is C18H25N7O. The number of rotatable bonds is 3. The summed E-state index contributed by atoms with van der Waals surface area (Å²) in [6, 6.07) is -0.145. The highest BCUT2D eigenvalue weighted by Crippen LogP contribution is 2.33. The van der Waals surface area contributed by atoms with Gasteiger partial charge in [-0.1, -0.05) is 0 Å². The van der Waals surface area contributed by atoms with Crippen LogP contribution < -0.4 is 4.90 Å². The second-order valence-electron chi connectivity index (χ2n) is 7.20. The van der Waals surface area contributed by atoms with Gasteiger partial charge in [-0.05, 0) is 26.7 Å². The molecule has 0 N–H and O–H groups in total. The monoisotopic (exact) mass is 355 g/mol. The van der Waals surface area contributed by atoms with Gasteiger partial charge in [-0.15, -0.1) is 0 Å². The third-order valence-corrected chi connectivity index (χ3v) is 5.47. The van der Waals surface area contributed by atoms with E-state index in [1.807, 2.05) is 32.8 Å². The lowest BCUT2D eigenvalue weighted by Gasteiger charge is -2.33. The predicted molar refractivity (Wildman–Crippen MR) is 97.5 cm³/mol.